The van der Waals surface area contributed by atoms with Crippen LogP contribution in [0.1, 0.15) is 48.7 Å². The van der Waals surface area contributed by atoms with Crippen LogP contribution >= 0.6 is 0 Å². The highest BCUT2D eigenvalue weighted by atomic mass is 16.5. The van der Waals surface area contributed by atoms with Gasteiger partial charge in [-0.2, -0.15) is 0 Å². The first-order chi connectivity index (χ1) is 14.2. The third kappa shape index (κ3) is 6.62. The van der Waals surface area contributed by atoms with Crippen molar-refractivity contribution in [1.82, 2.24) is 10.9 Å². The summed E-state index contributed by atoms with van der Waals surface area (Å²) >= 11 is 0. The Balaban J connectivity index is 1.87. The molecule has 7 nitrogen and oxygen atoms in total. The van der Waals surface area contributed by atoms with Crippen molar-refractivity contribution < 1.29 is 19.1 Å². The van der Waals surface area contributed by atoms with Gasteiger partial charge in [-0.25, -0.2) is 0 Å². The van der Waals surface area contributed by atoms with Crippen LogP contribution in [0.5, 0.6) is 5.75 Å². The summed E-state index contributed by atoms with van der Waals surface area (Å²) in [6.07, 6.45) is -0.361. The van der Waals surface area contributed by atoms with E-state index in [4.69, 9.17) is 4.74 Å². The zero-order valence-electron chi connectivity index (χ0n) is 18.0. The van der Waals surface area contributed by atoms with E-state index in [0.717, 1.165) is 11.1 Å². The van der Waals surface area contributed by atoms with Crippen molar-refractivity contribution in [2.24, 2.45) is 5.92 Å². The van der Waals surface area contributed by atoms with E-state index in [1.807, 2.05) is 45.9 Å². The van der Waals surface area contributed by atoms with Gasteiger partial charge in [-0.1, -0.05) is 32.0 Å². The van der Waals surface area contributed by atoms with E-state index in [1.165, 1.54) is 0 Å². The number of rotatable bonds is 7. The van der Waals surface area contributed by atoms with Crippen molar-refractivity contribution in [2.45, 2.75) is 47.1 Å². The largest absolute Gasteiger partial charge is 0.480 e. The molecule has 0 spiro atoms. The average molecular weight is 412 g/mol. The van der Waals surface area contributed by atoms with Gasteiger partial charge >= 0.3 is 0 Å². The molecule has 3 N–H and O–H groups in total. The highest BCUT2D eigenvalue weighted by molar-refractivity contribution is 5.97. The van der Waals surface area contributed by atoms with Crippen LogP contribution in [0.2, 0.25) is 0 Å². The minimum Gasteiger partial charge on any atom is -0.480 e. The second-order valence-electron chi connectivity index (χ2n) is 7.65. The lowest BCUT2D eigenvalue weighted by Crippen LogP contribution is -2.47. The molecule has 3 amide bonds. The van der Waals surface area contributed by atoms with E-state index < -0.39 is 17.9 Å². The van der Waals surface area contributed by atoms with Gasteiger partial charge in [0, 0.05) is 17.7 Å². The zero-order chi connectivity index (χ0) is 22.3. The molecule has 30 heavy (non-hydrogen) atoms. The highest BCUT2D eigenvalue weighted by Gasteiger charge is 2.18. The lowest BCUT2D eigenvalue weighted by molar-refractivity contribution is -0.128. The Labute approximate surface area is 177 Å². The van der Waals surface area contributed by atoms with E-state index in [1.54, 1.807) is 31.2 Å². The maximum atomic E-state index is 12.3. The molecule has 1 atom stereocenters. The summed E-state index contributed by atoms with van der Waals surface area (Å²) in [6.45, 7) is 9.36. The van der Waals surface area contributed by atoms with Gasteiger partial charge in [0.25, 0.3) is 11.8 Å². The number of ether oxygens (including phenoxy) is 1. The maximum absolute atomic E-state index is 12.3. The molecule has 0 bridgehead atoms. The van der Waals surface area contributed by atoms with Gasteiger partial charge < -0.3 is 10.1 Å². The van der Waals surface area contributed by atoms with E-state index in [2.05, 4.69) is 16.2 Å². The van der Waals surface area contributed by atoms with Crippen LogP contribution in [0.25, 0.3) is 0 Å². The first kappa shape index (κ1) is 22.9. The molecule has 1 unspecified atom stereocenters. The molecular formula is C23H29N3O4. The summed E-state index contributed by atoms with van der Waals surface area (Å²) in [5.74, 6) is -0.0973. The van der Waals surface area contributed by atoms with Crippen molar-refractivity contribution in [3.05, 3.63) is 59.2 Å². The quantitative estimate of drug-likeness (QED) is 0.608. The van der Waals surface area contributed by atoms with Crippen LogP contribution in [0, 0.1) is 19.8 Å². The van der Waals surface area contributed by atoms with Crippen LogP contribution in [0.4, 0.5) is 5.69 Å². The normalized spacial score (nSPS) is 11.5. The second-order valence-corrected chi connectivity index (χ2v) is 7.65. The molecule has 0 aromatic heterocycles. The van der Waals surface area contributed by atoms with Gasteiger partial charge in [-0.15, -0.1) is 0 Å². The first-order valence-electron chi connectivity index (χ1n) is 9.90. The molecule has 0 aliphatic heterocycles. The van der Waals surface area contributed by atoms with Crippen LogP contribution < -0.4 is 20.9 Å². The average Bonchev–Trinajstić information content (AvgIpc) is 2.68. The number of hydrogen-bond acceptors (Lipinski definition) is 4. The second kappa shape index (κ2) is 10.4. The number of anilines is 1. The number of benzene rings is 2. The van der Waals surface area contributed by atoms with Crippen molar-refractivity contribution in [1.29, 1.82) is 0 Å². The van der Waals surface area contributed by atoms with Crippen molar-refractivity contribution in [3.8, 4) is 5.75 Å². The lowest BCUT2D eigenvalue weighted by Gasteiger charge is -2.18. The Morgan fingerprint density at radius 3 is 2.07 bits per heavy atom. The SMILES string of the molecule is Cc1cccc(C)c1OC(C)C(=O)NNC(=O)c1ccc(NC(=O)CC(C)C)cc1. The van der Waals surface area contributed by atoms with E-state index in [9.17, 15) is 14.4 Å². The molecule has 2 rings (SSSR count). The van der Waals surface area contributed by atoms with Crippen molar-refractivity contribution in [3.63, 3.8) is 0 Å². The summed E-state index contributed by atoms with van der Waals surface area (Å²) < 4.78 is 5.75. The fraction of sp³-hybridized carbons (Fsp3) is 0.348. The Morgan fingerprint density at radius 2 is 1.50 bits per heavy atom. The molecule has 0 aliphatic rings. The van der Waals surface area contributed by atoms with Crippen molar-refractivity contribution >= 4 is 23.4 Å². The number of para-hydroxylation sites is 1. The highest BCUT2D eigenvalue weighted by Crippen LogP contribution is 2.23. The van der Waals surface area contributed by atoms with Gasteiger partial charge in [0.1, 0.15) is 5.75 Å². The molecule has 0 radical (unpaired) electrons. The number of nitrogens with one attached hydrogen (secondary N) is 3. The number of hydrazine groups is 1. The molecule has 0 fully saturated rings. The minimum atomic E-state index is -0.788. The maximum Gasteiger partial charge on any atom is 0.279 e. The summed E-state index contributed by atoms with van der Waals surface area (Å²) in [5.41, 5.74) is 7.57. The third-order valence-electron chi connectivity index (χ3n) is 4.40. The standard InChI is InChI=1S/C23H29N3O4/c1-14(2)13-20(27)24-19-11-9-18(10-12-19)23(29)26-25-22(28)17(5)30-21-15(3)7-6-8-16(21)4/h6-12,14,17H,13H2,1-5H3,(H,24,27)(H,25,28)(H,26,29). The van der Waals surface area contributed by atoms with E-state index >= 15 is 0 Å². The Hall–Kier alpha value is -3.35. The van der Waals surface area contributed by atoms with Crippen LogP contribution in [0.15, 0.2) is 42.5 Å². The topological polar surface area (TPSA) is 96.5 Å². The number of aryl methyl sites for hydroxylation is 2. The monoisotopic (exact) mass is 411 g/mol. The van der Waals surface area contributed by atoms with Gasteiger partial charge in [-0.3, -0.25) is 25.2 Å². The van der Waals surface area contributed by atoms with Gasteiger partial charge in [0.15, 0.2) is 6.10 Å². The molecule has 0 heterocycles. The van der Waals surface area contributed by atoms with E-state index in [0.29, 0.717) is 23.4 Å². The molecule has 160 valence electrons. The predicted octanol–water partition coefficient (Wildman–Crippen LogP) is 3.52. The predicted molar refractivity (Wildman–Crippen MR) is 116 cm³/mol. The first-order valence-corrected chi connectivity index (χ1v) is 9.90. The molecule has 7 heteroatoms. The number of carbonyl (C=O) groups excluding carboxylic acids is 3. The van der Waals surface area contributed by atoms with Crippen molar-refractivity contribution in [2.75, 3.05) is 5.32 Å². The lowest BCUT2D eigenvalue weighted by atomic mass is 10.1. The molecule has 2 aromatic rings. The van der Waals surface area contributed by atoms with Gasteiger partial charge in [0.2, 0.25) is 5.91 Å². The number of amides is 3. The van der Waals surface area contributed by atoms with E-state index in [-0.39, 0.29) is 11.8 Å². The van der Waals surface area contributed by atoms with Gasteiger partial charge in [0.05, 0.1) is 0 Å². The molecule has 0 saturated carbocycles. The minimum absolute atomic E-state index is 0.0765. The zero-order valence-corrected chi connectivity index (χ0v) is 18.0. The Kier molecular flexibility index (Phi) is 7.98. The summed E-state index contributed by atoms with van der Waals surface area (Å²) in [7, 11) is 0. The molecule has 0 saturated heterocycles. The third-order valence-corrected chi connectivity index (χ3v) is 4.40. The fourth-order valence-corrected chi connectivity index (χ4v) is 2.80. The number of hydrogen-bond donors (Lipinski definition) is 3. The molecule has 0 aliphatic carbocycles. The number of carbonyl (C=O) groups is 3. The Morgan fingerprint density at radius 1 is 0.900 bits per heavy atom. The molecular weight excluding hydrogens is 382 g/mol. The van der Waals surface area contributed by atoms with Crippen LogP contribution in [0.3, 0.4) is 0 Å². The van der Waals surface area contributed by atoms with Crippen LogP contribution in [-0.4, -0.2) is 23.8 Å². The smallest absolute Gasteiger partial charge is 0.279 e. The Bertz CT molecular complexity index is 887. The molecule has 2 aromatic carbocycles. The fourth-order valence-electron chi connectivity index (χ4n) is 2.80. The summed E-state index contributed by atoms with van der Waals surface area (Å²) in [4.78, 5) is 36.3. The summed E-state index contributed by atoms with van der Waals surface area (Å²) in [6, 6.07) is 12.2. The van der Waals surface area contributed by atoms with Gasteiger partial charge in [-0.05, 0) is 62.1 Å². The summed E-state index contributed by atoms with van der Waals surface area (Å²) in [5, 5.41) is 2.78. The van der Waals surface area contributed by atoms with Crippen LogP contribution in [-0.2, 0) is 9.59 Å².